The van der Waals surface area contributed by atoms with Crippen molar-refractivity contribution in [2.24, 2.45) is 4.99 Å². The van der Waals surface area contributed by atoms with Crippen LogP contribution in [0.3, 0.4) is 0 Å². The van der Waals surface area contributed by atoms with Crippen LogP contribution in [-0.4, -0.2) is 38.7 Å². The maximum absolute atomic E-state index is 12.0. The van der Waals surface area contributed by atoms with E-state index in [1.165, 1.54) is 0 Å². The molecule has 7 heteroatoms. The van der Waals surface area contributed by atoms with Crippen molar-refractivity contribution in [2.45, 2.75) is 32.7 Å². The second-order valence-electron chi connectivity index (χ2n) is 7.03. The molecule has 0 spiro atoms. The van der Waals surface area contributed by atoms with Crippen LogP contribution in [0.25, 0.3) is 0 Å². The van der Waals surface area contributed by atoms with E-state index in [-0.39, 0.29) is 11.8 Å². The number of fused-ring (bicyclic) bond motifs is 1. The highest BCUT2D eigenvalue weighted by Gasteiger charge is 2.24. The van der Waals surface area contributed by atoms with Gasteiger partial charge in [-0.05, 0) is 43.2 Å². The molecule has 0 radical (unpaired) electrons. The molecular formula is C23H30N4O3. The number of rotatable bonds is 8. The fourth-order valence-electron chi connectivity index (χ4n) is 3.50. The van der Waals surface area contributed by atoms with E-state index in [1.807, 2.05) is 50.2 Å². The summed E-state index contributed by atoms with van der Waals surface area (Å²) in [5.74, 6) is 2.29. The van der Waals surface area contributed by atoms with E-state index in [4.69, 9.17) is 14.5 Å². The van der Waals surface area contributed by atoms with Crippen LogP contribution in [0.1, 0.15) is 37.3 Å². The molecule has 160 valence electrons. The van der Waals surface area contributed by atoms with Crippen molar-refractivity contribution in [2.75, 3.05) is 32.1 Å². The highest BCUT2D eigenvalue weighted by atomic mass is 16.5. The van der Waals surface area contributed by atoms with E-state index >= 15 is 0 Å². The monoisotopic (exact) mass is 410 g/mol. The summed E-state index contributed by atoms with van der Waals surface area (Å²) in [4.78, 5) is 16.7. The topological polar surface area (TPSA) is 84.0 Å². The van der Waals surface area contributed by atoms with E-state index in [9.17, 15) is 4.79 Å². The Hall–Kier alpha value is -3.22. The smallest absolute Gasteiger partial charge is 0.225 e. The number of ether oxygens (including phenoxy) is 2. The van der Waals surface area contributed by atoms with Crippen LogP contribution in [0.2, 0.25) is 0 Å². The highest BCUT2D eigenvalue weighted by molar-refractivity contribution is 5.94. The average Bonchev–Trinajstić information content (AvgIpc) is 2.76. The number of guanidine groups is 1. The largest absolute Gasteiger partial charge is 0.493 e. The zero-order valence-electron chi connectivity index (χ0n) is 17.8. The first kappa shape index (κ1) is 21.5. The number of carbonyl (C=O) groups is 1. The molecule has 1 atom stereocenters. The molecule has 2 aromatic rings. The number of benzene rings is 2. The molecule has 1 amide bonds. The third-order valence-corrected chi connectivity index (χ3v) is 4.91. The Morgan fingerprint density at radius 1 is 1.17 bits per heavy atom. The molecular weight excluding hydrogens is 380 g/mol. The standard InChI is InChI=1S/C23H30N4O3/c1-4-24-23(25-14-16-10-11-20(30-5-2)21(12-16)29-3)26-15-17-13-22(28)27-19-9-7-6-8-18(17)19/h6-12,17H,4-5,13-15H2,1-3H3,(H,27,28)(H2,24,25,26). The fourth-order valence-corrected chi connectivity index (χ4v) is 3.50. The van der Waals surface area contributed by atoms with Gasteiger partial charge in [0.25, 0.3) is 0 Å². The van der Waals surface area contributed by atoms with Gasteiger partial charge in [0.05, 0.1) is 20.3 Å². The number of para-hydroxylation sites is 1. The molecule has 1 unspecified atom stereocenters. The van der Waals surface area contributed by atoms with Gasteiger partial charge in [0, 0.05) is 31.1 Å². The van der Waals surface area contributed by atoms with Gasteiger partial charge in [0.15, 0.2) is 17.5 Å². The quantitative estimate of drug-likeness (QED) is 0.459. The molecule has 30 heavy (non-hydrogen) atoms. The van der Waals surface area contributed by atoms with Crippen LogP contribution >= 0.6 is 0 Å². The molecule has 0 saturated carbocycles. The van der Waals surface area contributed by atoms with Crippen LogP contribution in [-0.2, 0) is 11.3 Å². The summed E-state index contributed by atoms with van der Waals surface area (Å²) in [5, 5.41) is 9.59. The molecule has 3 rings (SSSR count). The summed E-state index contributed by atoms with van der Waals surface area (Å²) < 4.78 is 11.0. The first-order valence-corrected chi connectivity index (χ1v) is 10.3. The number of hydrogen-bond donors (Lipinski definition) is 3. The first-order chi connectivity index (χ1) is 14.6. The number of anilines is 1. The number of amides is 1. The number of carbonyl (C=O) groups excluding carboxylic acids is 1. The van der Waals surface area contributed by atoms with Crippen molar-refractivity contribution in [1.82, 2.24) is 10.6 Å². The summed E-state index contributed by atoms with van der Waals surface area (Å²) >= 11 is 0. The van der Waals surface area contributed by atoms with Crippen molar-refractivity contribution in [3.63, 3.8) is 0 Å². The summed E-state index contributed by atoms with van der Waals surface area (Å²) in [6, 6.07) is 13.8. The number of aliphatic imine (C=N–C) groups is 1. The molecule has 1 aliphatic rings. The molecule has 0 fully saturated rings. The van der Waals surface area contributed by atoms with Crippen LogP contribution in [0, 0.1) is 0 Å². The van der Waals surface area contributed by atoms with Crippen molar-refractivity contribution in [1.29, 1.82) is 0 Å². The lowest BCUT2D eigenvalue weighted by atomic mass is 9.90. The molecule has 0 saturated heterocycles. The van der Waals surface area contributed by atoms with Crippen molar-refractivity contribution >= 4 is 17.6 Å². The summed E-state index contributed by atoms with van der Waals surface area (Å²) in [6.07, 6.45) is 0.458. The maximum Gasteiger partial charge on any atom is 0.225 e. The van der Waals surface area contributed by atoms with Gasteiger partial charge in [-0.2, -0.15) is 0 Å². The van der Waals surface area contributed by atoms with E-state index in [2.05, 4.69) is 22.0 Å². The second kappa shape index (κ2) is 10.5. The molecule has 0 bridgehead atoms. The Balaban J connectivity index is 1.68. The van der Waals surface area contributed by atoms with Crippen LogP contribution in [0.5, 0.6) is 11.5 Å². The van der Waals surface area contributed by atoms with E-state index in [0.29, 0.717) is 37.8 Å². The Morgan fingerprint density at radius 3 is 2.77 bits per heavy atom. The zero-order valence-corrected chi connectivity index (χ0v) is 17.8. The number of nitrogens with one attached hydrogen (secondary N) is 3. The van der Waals surface area contributed by atoms with E-state index < -0.39 is 0 Å². The predicted molar refractivity (Wildman–Crippen MR) is 119 cm³/mol. The number of hydrogen-bond acceptors (Lipinski definition) is 4. The molecule has 7 nitrogen and oxygen atoms in total. The summed E-state index contributed by atoms with van der Waals surface area (Å²) in [5.41, 5.74) is 3.07. The van der Waals surface area contributed by atoms with Gasteiger partial charge in [0.1, 0.15) is 0 Å². The van der Waals surface area contributed by atoms with Crippen LogP contribution in [0.15, 0.2) is 47.5 Å². The second-order valence-corrected chi connectivity index (χ2v) is 7.03. The van der Waals surface area contributed by atoms with Gasteiger partial charge >= 0.3 is 0 Å². The normalized spacial score (nSPS) is 15.8. The van der Waals surface area contributed by atoms with Gasteiger partial charge in [-0.1, -0.05) is 24.3 Å². The van der Waals surface area contributed by atoms with Gasteiger partial charge in [-0.3, -0.25) is 4.79 Å². The predicted octanol–water partition coefficient (Wildman–Crippen LogP) is 3.28. The van der Waals surface area contributed by atoms with Crippen molar-refractivity contribution in [3.05, 3.63) is 53.6 Å². The van der Waals surface area contributed by atoms with Crippen LogP contribution < -0.4 is 25.4 Å². The summed E-state index contributed by atoms with van der Waals surface area (Å²) in [6.45, 7) is 6.44. The minimum atomic E-state index is 0.0453. The number of nitrogens with zero attached hydrogens (tertiary/aromatic N) is 1. The number of methoxy groups -OCH3 is 1. The third-order valence-electron chi connectivity index (χ3n) is 4.91. The fraction of sp³-hybridized carbons (Fsp3) is 0.391. The van der Waals surface area contributed by atoms with E-state index in [0.717, 1.165) is 29.1 Å². The zero-order chi connectivity index (χ0) is 21.3. The lowest BCUT2D eigenvalue weighted by molar-refractivity contribution is -0.116. The molecule has 0 aromatic heterocycles. The maximum atomic E-state index is 12.0. The molecule has 1 heterocycles. The Morgan fingerprint density at radius 2 is 2.00 bits per heavy atom. The van der Waals surface area contributed by atoms with Crippen molar-refractivity contribution < 1.29 is 14.3 Å². The first-order valence-electron chi connectivity index (χ1n) is 10.3. The Kier molecular flexibility index (Phi) is 7.54. The van der Waals surface area contributed by atoms with Gasteiger partial charge in [0.2, 0.25) is 5.91 Å². The molecule has 0 aliphatic carbocycles. The highest BCUT2D eigenvalue weighted by Crippen LogP contribution is 2.31. The minimum absolute atomic E-state index is 0.0453. The lowest BCUT2D eigenvalue weighted by Crippen LogP contribution is -2.40. The minimum Gasteiger partial charge on any atom is -0.493 e. The molecule has 3 N–H and O–H groups in total. The van der Waals surface area contributed by atoms with E-state index in [1.54, 1.807) is 7.11 Å². The van der Waals surface area contributed by atoms with Gasteiger partial charge in [-0.15, -0.1) is 0 Å². The van der Waals surface area contributed by atoms with Crippen molar-refractivity contribution in [3.8, 4) is 11.5 Å². The Labute approximate surface area is 177 Å². The SMILES string of the molecule is CCNC(=NCc1ccc(OCC)c(OC)c1)NCC1CC(=O)Nc2ccccc21. The summed E-state index contributed by atoms with van der Waals surface area (Å²) in [7, 11) is 1.63. The van der Waals surface area contributed by atoms with Crippen LogP contribution in [0.4, 0.5) is 5.69 Å². The lowest BCUT2D eigenvalue weighted by Gasteiger charge is -2.26. The van der Waals surface area contributed by atoms with Gasteiger partial charge in [-0.25, -0.2) is 4.99 Å². The van der Waals surface area contributed by atoms with Gasteiger partial charge < -0.3 is 25.4 Å². The molecule has 2 aromatic carbocycles. The third kappa shape index (κ3) is 5.43. The Bertz CT molecular complexity index is 898. The molecule has 1 aliphatic heterocycles. The average molecular weight is 411 g/mol.